The Hall–Kier alpha value is -0.970. The second-order valence-electron chi connectivity index (χ2n) is 5.09. The molecular weight excluding hydrogens is 260 g/mol. The molecule has 0 aromatic rings. The molecule has 1 saturated heterocycles. The quantitative estimate of drug-likeness (QED) is 0.770. The first-order chi connectivity index (χ1) is 9.25. The average Bonchev–Trinajstić information content (AvgIpc) is 2.64. The van der Waals surface area contributed by atoms with Crippen LogP contribution < -0.4 is 10.6 Å². The zero-order chi connectivity index (χ0) is 13.5. The molecule has 0 aromatic carbocycles. The normalized spacial score (nSPS) is 24.1. The van der Waals surface area contributed by atoms with Crippen molar-refractivity contribution in [3.63, 3.8) is 0 Å². The highest BCUT2D eigenvalue weighted by Gasteiger charge is 2.22. The molecule has 1 fully saturated rings. The van der Waals surface area contributed by atoms with Crippen LogP contribution in [0.3, 0.4) is 0 Å². The Morgan fingerprint density at radius 3 is 3.11 bits per heavy atom. The van der Waals surface area contributed by atoms with Gasteiger partial charge in [0.1, 0.15) is 6.04 Å². The fourth-order valence-electron chi connectivity index (χ4n) is 2.42. The lowest BCUT2D eigenvalue weighted by atomic mass is 9.97. The van der Waals surface area contributed by atoms with Crippen molar-refractivity contribution in [2.45, 2.75) is 44.6 Å². The number of hydrogen-bond donors (Lipinski definition) is 2. The predicted molar refractivity (Wildman–Crippen MR) is 78.1 cm³/mol. The molecule has 2 N–H and O–H groups in total. The van der Waals surface area contributed by atoms with E-state index in [4.69, 9.17) is 0 Å². The molecule has 2 rings (SSSR count). The maximum atomic E-state index is 12.0. The third kappa shape index (κ3) is 4.90. The lowest BCUT2D eigenvalue weighted by Crippen LogP contribution is -2.47. The van der Waals surface area contributed by atoms with Gasteiger partial charge in [0.2, 0.25) is 11.8 Å². The van der Waals surface area contributed by atoms with Crippen LogP contribution in [-0.4, -0.2) is 35.9 Å². The molecule has 1 atom stereocenters. The van der Waals surface area contributed by atoms with Gasteiger partial charge in [0, 0.05) is 24.5 Å². The van der Waals surface area contributed by atoms with Gasteiger partial charge in [-0.05, 0) is 32.1 Å². The van der Waals surface area contributed by atoms with Crippen molar-refractivity contribution >= 4 is 23.6 Å². The summed E-state index contributed by atoms with van der Waals surface area (Å²) >= 11 is 1.66. The van der Waals surface area contributed by atoms with Gasteiger partial charge in [0.25, 0.3) is 0 Å². The molecule has 19 heavy (non-hydrogen) atoms. The van der Waals surface area contributed by atoms with Gasteiger partial charge in [0.15, 0.2) is 0 Å². The Balaban J connectivity index is 1.71. The minimum atomic E-state index is -0.361. The topological polar surface area (TPSA) is 58.2 Å². The summed E-state index contributed by atoms with van der Waals surface area (Å²) in [4.78, 5) is 23.4. The fourth-order valence-corrected chi connectivity index (χ4v) is 3.38. The van der Waals surface area contributed by atoms with E-state index in [-0.39, 0.29) is 17.9 Å². The van der Waals surface area contributed by atoms with Crippen LogP contribution in [0, 0.1) is 0 Å². The number of amides is 2. The number of rotatable bonds is 4. The van der Waals surface area contributed by atoms with Gasteiger partial charge in [-0.25, -0.2) is 0 Å². The van der Waals surface area contributed by atoms with E-state index < -0.39 is 0 Å². The van der Waals surface area contributed by atoms with Crippen molar-refractivity contribution in [3.8, 4) is 0 Å². The first-order valence-corrected chi connectivity index (χ1v) is 8.24. The van der Waals surface area contributed by atoms with Crippen LogP contribution in [0.25, 0.3) is 0 Å². The van der Waals surface area contributed by atoms with E-state index >= 15 is 0 Å². The first kappa shape index (κ1) is 14.4. The molecule has 0 bridgehead atoms. The summed E-state index contributed by atoms with van der Waals surface area (Å²) in [6.07, 6.45) is 8.68. The van der Waals surface area contributed by atoms with E-state index in [0.717, 1.165) is 12.2 Å². The van der Waals surface area contributed by atoms with Crippen molar-refractivity contribution in [2.75, 3.05) is 18.1 Å². The minimum absolute atomic E-state index is 0.0138. The van der Waals surface area contributed by atoms with Crippen LogP contribution in [0.2, 0.25) is 0 Å². The minimum Gasteiger partial charge on any atom is -0.354 e. The molecule has 106 valence electrons. The van der Waals surface area contributed by atoms with Gasteiger partial charge in [-0.1, -0.05) is 11.6 Å². The Kier molecular flexibility index (Phi) is 5.76. The second kappa shape index (κ2) is 7.58. The van der Waals surface area contributed by atoms with Crippen LogP contribution in [0.1, 0.15) is 38.5 Å². The number of allylic oxidation sites excluding steroid dienone is 1. The zero-order valence-electron chi connectivity index (χ0n) is 11.2. The van der Waals surface area contributed by atoms with E-state index in [1.165, 1.54) is 31.3 Å². The summed E-state index contributed by atoms with van der Waals surface area (Å²) in [6.45, 7) is 0.682. The summed E-state index contributed by atoms with van der Waals surface area (Å²) in [5.41, 5.74) is 1.46. The number of hydrogen-bond acceptors (Lipinski definition) is 3. The summed E-state index contributed by atoms with van der Waals surface area (Å²) in [6, 6.07) is -0.361. The molecule has 0 radical (unpaired) electrons. The van der Waals surface area contributed by atoms with Gasteiger partial charge in [-0.3, -0.25) is 9.59 Å². The largest absolute Gasteiger partial charge is 0.354 e. The number of thioether (sulfide) groups is 1. The standard InChI is InChI=1S/C14H22N2O2S/c17-13-7-9-19-10-12(16-13)14(18)15-8-6-11-4-2-1-3-5-11/h4,12H,1-3,5-10H2,(H,15,18)(H,16,17)/t12-/m1/s1. The molecular formula is C14H22N2O2S. The Morgan fingerprint density at radius 2 is 2.32 bits per heavy atom. The molecule has 0 spiro atoms. The molecule has 2 aliphatic rings. The van der Waals surface area contributed by atoms with Crippen molar-refractivity contribution in [1.82, 2.24) is 10.6 Å². The molecule has 1 aliphatic carbocycles. The summed E-state index contributed by atoms with van der Waals surface area (Å²) in [7, 11) is 0. The molecule has 0 unspecified atom stereocenters. The highest BCUT2D eigenvalue weighted by molar-refractivity contribution is 7.99. The lowest BCUT2D eigenvalue weighted by molar-refractivity contribution is -0.128. The Labute approximate surface area is 118 Å². The zero-order valence-corrected chi connectivity index (χ0v) is 12.1. The van der Waals surface area contributed by atoms with Crippen molar-refractivity contribution < 1.29 is 9.59 Å². The summed E-state index contributed by atoms with van der Waals surface area (Å²) < 4.78 is 0. The second-order valence-corrected chi connectivity index (χ2v) is 6.24. The summed E-state index contributed by atoms with van der Waals surface area (Å²) in [5, 5.41) is 5.72. The van der Waals surface area contributed by atoms with Crippen LogP contribution in [0.15, 0.2) is 11.6 Å². The van der Waals surface area contributed by atoms with Gasteiger partial charge < -0.3 is 10.6 Å². The number of carbonyl (C=O) groups excluding carboxylic acids is 2. The van der Waals surface area contributed by atoms with E-state index in [2.05, 4.69) is 16.7 Å². The highest BCUT2D eigenvalue weighted by atomic mass is 32.2. The van der Waals surface area contributed by atoms with E-state index in [0.29, 0.717) is 18.7 Å². The van der Waals surface area contributed by atoms with Gasteiger partial charge in [0.05, 0.1) is 0 Å². The average molecular weight is 282 g/mol. The van der Waals surface area contributed by atoms with Gasteiger partial charge in [-0.2, -0.15) is 11.8 Å². The fraction of sp³-hybridized carbons (Fsp3) is 0.714. The van der Waals surface area contributed by atoms with Crippen LogP contribution in [0.4, 0.5) is 0 Å². The van der Waals surface area contributed by atoms with Crippen molar-refractivity contribution in [1.29, 1.82) is 0 Å². The predicted octanol–water partition coefficient (Wildman–Crippen LogP) is 1.61. The Morgan fingerprint density at radius 1 is 1.42 bits per heavy atom. The molecule has 0 saturated carbocycles. The van der Waals surface area contributed by atoms with E-state index in [1.807, 2.05) is 0 Å². The maximum Gasteiger partial charge on any atom is 0.243 e. The van der Waals surface area contributed by atoms with Crippen molar-refractivity contribution in [2.24, 2.45) is 0 Å². The Bertz CT molecular complexity index is 368. The van der Waals surface area contributed by atoms with Crippen molar-refractivity contribution in [3.05, 3.63) is 11.6 Å². The van der Waals surface area contributed by atoms with Crippen LogP contribution in [-0.2, 0) is 9.59 Å². The smallest absolute Gasteiger partial charge is 0.243 e. The number of carbonyl (C=O) groups is 2. The van der Waals surface area contributed by atoms with E-state index in [1.54, 1.807) is 11.8 Å². The molecule has 0 aromatic heterocycles. The third-order valence-electron chi connectivity index (χ3n) is 3.54. The van der Waals surface area contributed by atoms with E-state index in [9.17, 15) is 9.59 Å². The van der Waals surface area contributed by atoms with Crippen LogP contribution in [0.5, 0.6) is 0 Å². The summed E-state index contributed by atoms with van der Waals surface area (Å²) in [5.74, 6) is 1.43. The maximum absolute atomic E-state index is 12.0. The molecule has 1 aliphatic heterocycles. The molecule has 2 amide bonds. The van der Waals surface area contributed by atoms with Gasteiger partial charge >= 0.3 is 0 Å². The number of nitrogens with one attached hydrogen (secondary N) is 2. The van der Waals surface area contributed by atoms with Gasteiger partial charge in [-0.15, -0.1) is 0 Å². The molecule has 5 heteroatoms. The molecule has 1 heterocycles. The highest BCUT2D eigenvalue weighted by Crippen LogP contribution is 2.19. The monoisotopic (exact) mass is 282 g/mol. The third-order valence-corrected chi connectivity index (χ3v) is 4.60. The first-order valence-electron chi connectivity index (χ1n) is 7.08. The lowest BCUT2D eigenvalue weighted by Gasteiger charge is -2.16. The van der Waals surface area contributed by atoms with Crippen LogP contribution >= 0.6 is 11.8 Å². The molecule has 4 nitrogen and oxygen atoms in total. The SMILES string of the molecule is O=C1CCSC[C@H](C(=O)NCCC2=CCCCC2)N1.